The molecule has 0 radical (unpaired) electrons. The summed E-state index contributed by atoms with van der Waals surface area (Å²) in [4.78, 5) is 21.8. The van der Waals surface area contributed by atoms with E-state index in [1.165, 1.54) is 122 Å². The van der Waals surface area contributed by atoms with Crippen LogP contribution in [0.25, 0.3) is 195 Å². The molecular formula is C93H58N6S2. The largest absolute Gasteiger partial charge is 0.276 e. The molecule has 0 spiro atoms. The lowest BCUT2D eigenvalue weighted by atomic mass is 9.82. The number of para-hydroxylation sites is 4. The first-order valence-electron chi connectivity index (χ1n) is 34.4. The number of aromatic nitrogens is 6. The van der Waals surface area contributed by atoms with Crippen LogP contribution in [-0.2, 0) is 5.41 Å². The maximum absolute atomic E-state index is 5.58. The van der Waals surface area contributed by atoms with Gasteiger partial charge in [-0.25, -0.2) is 19.9 Å². The minimum atomic E-state index is -0.103. The second-order valence-electron chi connectivity index (χ2n) is 27.1. The van der Waals surface area contributed by atoms with Gasteiger partial charge in [-0.05, 0) is 127 Å². The van der Waals surface area contributed by atoms with Crippen LogP contribution in [0.5, 0.6) is 0 Å². The number of hydrogen-bond donors (Lipinski definition) is 0. The van der Waals surface area contributed by atoms with Crippen LogP contribution in [-0.4, -0.2) is 29.1 Å². The average molecular weight is 1320 g/mol. The van der Waals surface area contributed by atoms with Crippen molar-refractivity contribution in [3.8, 4) is 67.8 Å². The molecule has 22 rings (SSSR count). The molecule has 0 amide bonds. The van der Waals surface area contributed by atoms with Gasteiger partial charge in [-0.2, -0.15) is 0 Å². The van der Waals surface area contributed by atoms with Gasteiger partial charge >= 0.3 is 0 Å². The summed E-state index contributed by atoms with van der Waals surface area (Å²) < 4.78 is 9.73. The zero-order valence-corrected chi connectivity index (χ0v) is 56.7. The van der Waals surface area contributed by atoms with E-state index in [1.54, 1.807) is 0 Å². The second-order valence-corrected chi connectivity index (χ2v) is 29.2. The van der Waals surface area contributed by atoms with Gasteiger partial charge in [-0.1, -0.05) is 269 Å². The highest BCUT2D eigenvalue weighted by atomic mass is 32.1. The van der Waals surface area contributed by atoms with E-state index in [9.17, 15) is 0 Å². The van der Waals surface area contributed by atoms with Crippen molar-refractivity contribution in [2.24, 2.45) is 0 Å². The third-order valence-corrected chi connectivity index (χ3v) is 23.5. The Morgan fingerprint density at radius 1 is 0.267 bits per heavy atom. The summed E-state index contributed by atoms with van der Waals surface area (Å²) in [7, 11) is 0. The van der Waals surface area contributed by atoms with Crippen LogP contribution >= 0.6 is 22.7 Å². The molecule has 101 heavy (non-hydrogen) atoms. The fraction of sp³-hybridized carbons (Fsp3) is 0.0323. The predicted octanol–water partition coefficient (Wildman–Crippen LogP) is 25.5. The molecule has 15 aromatic carbocycles. The van der Waals surface area contributed by atoms with Crippen LogP contribution in [0.15, 0.2) is 315 Å². The molecule has 21 aromatic rings. The quantitative estimate of drug-likeness (QED) is 0.166. The van der Waals surface area contributed by atoms with Gasteiger partial charge in [0.05, 0.1) is 53.9 Å². The predicted molar refractivity (Wildman–Crippen MR) is 428 cm³/mol. The molecule has 6 aromatic heterocycles. The van der Waals surface area contributed by atoms with Gasteiger partial charge in [0.25, 0.3) is 0 Å². The molecule has 8 heteroatoms. The standard InChI is InChI=1S/C48H29N3S.C45H29N3S/c1-3-15-30(16-4-1)32-27-33(31-17-5-2-6-18-31)29-34(28-32)45-37-21-9-12-24-40(37)49-48(50-45)51-41-25-13-10-22-38(41)43-35-19-7-8-20-36(35)44-39-23-11-14-26-42(39)52-47(44)46(43)51;1-45(2)34-19-9-5-13-27(34)28-24-23-26(25-35(28)45)41-31-16-6-10-20-36(31)46-44(47-41)48-37-21-11-7-17-32(37)39-29-14-3-4-15-30(29)40-33-18-8-12-22-38(33)49-43(40)42(39)48/h1-29H;3-25H,1-2H3. The Hall–Kier alpha value is -12.5. The minimum Gasteiger partial charge on any atom is -0.276 e. The number of benzene rings is 15. The highest BCUT2D eigenvalue weighted by Crippen LogP contribution is 2.53. The van der Waals surface area contributed by atoms with Gasteiger partial charge < -0.3 is 0 Å². The van der Waals surface area contributed by atoms with E-state index in [2.05, 4.69) is 338 Å². The third-order valence-electron chi connectivity index (χ3n) is 21.2. The fourth-order valence-electron chi connectivity index (χ4n) is 16.6. The van der Waals surface area contributed by atoms with Crippen LogP contribution in [0, 0.1) is 0 Å². The molecule has 472 valence electrons. The molecule has 0 N–H and O–H groups in total. The van der Waals surface area contributed by atoms with Crippen LogP contribution in [0.2, 0.25) is 0 Å². The summed E-state index contributed by atoms with van der Waals surface area (Å²) in [5.41, 5.74) is 20.3. The molecule has 1 aliphatic carbocycles. The van der Waals surface area contributed by atoms with Gasteiger partial charge in [-0.15, -0.1) is 22.7 Å². The lowest BCUT2D eigenvalue weighted by Gasteiger charge is -2.22. The number of rotatable bonds is 6. The smallest absolute Gasteiger partial charge is 0.235 e. The first kappa shape index (κ1) is 57.6. The minimum absolute atomic E-state index is 0.103. The number of thiophene rings is 2. The number of hydrogen-bond acceptors (Lipinski definition) is 6. The van der Waals surface area contributed by atoms with Gasteiger partial charge in [0.2, 0.25) is 11.9 Å². The summed E-state index contributed by atoms with van der Waals surface area (Å²) in [5, 5.41) is 17.2. The summed E-state index contributed by atoms with van der Waals surface area (Å²) in [6, 6.07) is 113. The van der Waals surface area contributed by atoms with Crippen LogP contribution < -0.4 is 0 Å². The normalized spacial score (nSPS) is 12.7. The molecule has 0 aliphatic heterocycles. The first-order valence-corrected chi connectivity index (χ1v) is 36.1. The van der Waals surface area contributed by atoms with Crippen molar-refractivity contribution in [1.29, 1.82) is 0 Å². The van der Waals surface area contributed by atoms with E-state index in [0.29, 0.717) is 11.9 Å². The molecule has 0 bridgehead atoms. The fourth-order valence-corrected chi connectivity index (χ4v) is 19.2. The van der Waals surface area contributed by atoms with Gasteiger partial charge in [0, 0.05) is 79.8 Å². The van der Waals surface area contributed by atoms with E-state index >= 15 is 0 Å². The summed E-state index contributed by atoms with van der Waals surface area (Å²) in [5.74, 6) is 1.36. The van der Waals surface area contributed by atoms with Crippen molar-refractivity contribution in [3.63, 3.8) is 0 Å². The molecule has 1 aliphatic rings. The average Bonchev–Trinajstić information content (AvgIpc) is 1.55. The molecule has 0 saturated carbocycles. The molecule has 6 heterocycles. The van der Waals surface area contributed by atoms with Crippen LogP contribution in [0.4, 0.5) is 0 Å². The van der Waals surface area contributed by atoms with Crippen LogP contribution in [0.3, 0.4) is 0 Å². The first-order chi connectivity index (χ1) is 49.9. The van der Waals surface area contributed by atoms with E-state index in [0.717, 1.165) is 72.0 Å². The lowest BCUT2D eigenvalue weighted by Crippen LogP contribution is -2.15. The van der Waals surface area contributed by atoms with Gasteiger partial charge in [-0.3, -0.25) is 9.13 Å². The molecule has 0 fully saturated rings. The van der Waals surface area contributed by atoms with Crippen molar-refractivity contribution >= 4 is 150 Å². The summed E-state index contributed by atoms with van der Waals surface area (Å²) in [6.45, 7) is 4.67. The Kier molecular flexibility index (Phi) is 12.7. The third kappa shape index (κ3) is 8.69. The van der Waals surface area contributed by atoms with Crippen molar-refractivity contribution in [2.75, 3.05) is 0 Å². The Balaban J connectivity index is 0.000000132. The highest BCUT2D eigenvalue weighted by Gasteiger charge is 2.36. The SMILES string of the molecule is CC1(C)c2ccccc2-c2ccc(-c3nc(-n4c5ccccc5c5c6ccccc6c6c7ccccc7sc6c54)nc4ccccc34)cc21.c1ccc(-c2cc(-c3ccccc3)cc(-c3nc(-n4c5ccccc5c5c6ccccc6c6c7ccccc7sc6c54)nc4ccccc34)c2)cc1. The number of nitrogens with zero attached hydrogens (tertiary/aromatic N) is 6. The molecule has 0 atom stereocenters. The van der Waals surface area contributed by atoms with E-state index in [4.69, 9.17) is 19.9 Å². The Bertz CT molecular complexity index is 7000. The van der Waals surface area contributed by atoms with E-state index in [1.807, 2.05) is 22.7 Å². The topological polar surface area (TPSA) is 61.4 Å². The van der Waals surface area contributed by atoms with E-state index in [-0.39, 0.29) is 5.41 Å². The zero-order valence-electron chi connectivity index (χ0n) is 55.0. The van der Waals surface area contributed by atoms with Crippen molar-refractivity contribution in [1.82, 2.24) is 29.1 Å². The maximum Gasteiger partial charge on any atom is 0.235 e. The zero-order chi connectivity index (χ0) is 66.6. The Labute approximate surface area is 588 Å². The van der Waals surface area contributed by atoms with Crippen molar-refractivity contribution in [2.45, 2.75) is 19.3 Å². The monoisotopic (exact) mass is 1320 g/mol. The second kappa shape index (κ2) is 22.3. The lowest BCUT2D eigenvalue weighted by molar-refractivity contribution is 0.660. The Morgan fingerprint density at radius 3 is 1.15 bits per heavy atom. The summed E-state index contributed by atoms with van der Waals surface area (Å²) >= 11 is 3.72. The molecule has 0 saturated heterocycles. The van der Waals surface area contributed by atoms with Crippen molar-refractivity contribution < 1.29 is 0 Å². The molecule has 0 unspecified atom stereocenters. The molecule has 6 nitrogen and oxygen atoms in total. The number of fused-ring (bicyclic) bond motifs is 25. The van der Waals surface area contributed by atoms with Crippen molar-refractivity contribution in [3.05, 3.63) is 327 Å². The Morgan fingerprint density at radius 2 is 0.644 bits per heavy atom. The van der Waals surface area contributed by atoms with E-state index < -0.39 is 0 Å². The van der Waals surface area contributed by atoms with Gasteiger partial charge in [0.15, 0.2) is 0 Å². The maximum atomic E-state index is 5.58. The summed E-state index contributed by atoms with van der Waals surface area (Å²) in [6.07, 6.45) is 0. The highest BCUT2D eigenvalue weighted by molar-refractivity contribution is 7.27. The molecular weight excluding hydrogens is 1270 g/mol. The van der Waals surface area contributed by atoms with Crippen LogP contribution in [0.1, 0.15) is 25.0 Å². The van der Waals surface area contributed by atoms with Gasteiger partial charge in [0.1, 0.15) is 0 Å².